The molecule has 6 nitrogen and oxygen atoms in total. The molecule has 0 spiro atoms. The van der Waals surface area contributed by atoms with Crippen molar-refractivity contribution in [3.05, 3.63) is 71.8 Å². The van der Waals surface area contributed by atoms with Gasteiger partial charge in [-0.05, 0) is 42.0 Å². The molecule has 1 amide bonds. The number of ether oxygens (including phenoxy) is 1. The summed E-state index contributed by atoms with van der Waals surface area (Å²) in [4.78, 5) is 16.1. The number of nitrogens with one attached hydrogen (secondary N) is 1. The molecule has 0 fully saturated rings. The van der Waals surface area contributed by atoms with Crippen molar-refractivity contribution in [2.24, 2.45) is 0 Å². The van der Waals surface area contributed by atoms with Crippen LogP contribution in [0.15, 0.2) is 61.2 Å². The molecule has 9 heteroatoms. The molecule has 0 aliphatic rings. The molecule has 0 atom stereocenters. The van der Waals surface area contributed by atoms with Crippen LogP contribution in [0.25, 0.3) is 11.8 Å². The first-order valence-corrected chi connectivity index (χ1v) is 8.07. The van der Waals surface area contributed by atoms with Crippen molar-refractivity contribution >= 4 is 29.3 Å². The summed E-state index contributed by atoms with van der Waals surface area (Å²) in [6, 6.07) is 10.9. The molecule has 0 radical (unpaired) electrons. The summed E-state index contributed by atoms with van der Waals surface area (Å²) in [5.74, 6) is -0.352. The molecule has 1 aromatic heterocycles. The molecule has 0 aliphatic heterocycles. The van der Waals surface area contributed by atoms with E-state index >= 15 is 0 Å². The Labute approximate surface area is 158 Å². The molecular formula is C18H13ClF2N4O2. The van der Waals surface area contributed by atoms with Gasteiger partial charge in [0.15, 0.2) is 0 Å². The van der Waals surface area contributed by atoms with Crippen LogP contribution in [0.3, 0.4) is 0 Å². The van der Waals surface area contributed by atoms with Crippen LogP contribution in [0.5, 0.6) is 5.75 Å². The van der Waals surface area contributed by atoms with Crippen molar-refractivity contribution in [3.8, 4) is 11.4 Å². The van der Waals surface area contributed by atoms with E-state index in [1.165, 1.54) is 35.5 Å². The summed E-state index contributed by atoms with van der Waals surface area (Å²) in [7, 11) is 0. The zero-order chi connectivity index (χ0) is 19.2. The molecule has 3 aromatic rings. The van der Waals surface area contributed by atoms with Gasteiger partial charge in [0, 0.05) is 11.1 Å². The van der Waals surface area contributed by atoms with Crippen molar-refractivity contribution in [3.63, 3.8) is 0 Å². The predicted molar refractivity (Wildman–Crippen MR) is 97.1 cm³/mol. The summed E-state index contributed by atoms with van der Waals surface area (Å²) in [6.45, 7) is -2.88. The highest BCUT2D eigenvalue weighted by Crippen LogP contribution is 2.24. The van der Waals surface area contributed by atoms with Crippen LogP contribution in [-0.2, 0) is 4.79 Å². The number of hydrogen-bond acceptors (Lipinski definition) is 4. The van der Waals surface area contributed by atoms with E-state index in [1.807, 2.05) is 0 Å². The number of nitrogens with zero attached hydrogens (tertiary/aromatic N) is 3. The smallest absolute Gasteiger partial charge is 0.387 e. The molecular weight excluding hydrogens is 378 g/mol. The average molecular weight is 391 g/mol. The SMILES string of the molecule is O=C(/C=C/c1ccc(OC(F)F)cc1)Nc1cc(Cl)ccc1-n1cncn1. The van der Waals surface area contributed by atoms with Gasteiger partial charge in [-0.25, -0.2) is 9.67 Å². The predicted octanol–water partition coefficient (Wildman–Crippen LogP) is 4.17. The van der Waals surface area contributed by atoms with Gasteiger partial charge in [-0.3, -0.25) is 4.79 Å². The Morgan fingerprint density at radius 1 is 1.22 bits per heavy atom. The molecule has 0 aliphatic carbocycles. The Morgan fingerprint density at radius 3 is 2.67 bits per heavy atom. The number of amides is 1. The normalized spacial score (nSPS) is 11.1. The molecule has 2 aromatic carbocycles. The highest BCUT2D eigenvalue weighted by molar-refractivity contribution is 6.31. The van der Waals surface area contributed by atoms with E-state index in [0.29, 0.717) is 22.0 Å². The molecule has 138 valence electrons. The van der Waals surface area contributed by atoms with Gasteiger partial charge in [-0.15, -0.1) is 0 Å². The van der Waals surface area contributed by atoms with Gasteiger partial charge in [0.05, 0.1) is 11.4 Å². The minimum atomic E-state index is -2.88. The number of carbonyl (C=O) groups excluding carboxylic acids is 1. The summed E-state index contributed by atoms with van der Waals surface area (Å²) >= 11 is 6.01. The number of rotatable bonds is 6. The monoisotopic (exact) mass is 390 g/mol. The maximum Gasteiger partial charge on any atom is 0.387 e. The molecule has 1 heterocycles. The number of benzene rings is 2. The van der Waals surface area contributed by atoms with Crippen LogP contribution >= 0.6 is 11.6 Å². The van der Waals surface area contributed by atoms with Crippen LogP contribution in [0.1, 0.15) is 5.56 Å². The Bertz CT molecular complexity index is 945. The lowest BCUT2D eigenvalue weighted by molar-refractivity contribution is -0.111. The maximum atomic E-state index is 12.2. The Morgan fingerprint density at radius 2 is 2.00 bits per heavy atom. The van der Waals surface area contributed by atoms with Gasteiger partial charge in [0.1, 0.15) is 18.4 Å². The van der Waals surface area contributed by atoms with Gasteiger partial charge in [-0.1, -0.05) is 23.7 Å². The first-order valence-electron chi connectivity index (χ1n) is 7.70. The molecule has 1 N–H and O–H groups in total. The summed E-state index contributed by atoms with van der Waals surface area (Å²) in [5, 5.41) is 7.21. The third-order valence-corrected chi connectivity index (χ3v) is 3.65. The largest absolute Gasteiger partial charge is 0.435 e. The van der Waals surface area contributed by atoms with Gasteiger partial charge >= 0.3 is 6.61 Å². The Kier molecular flexibility index (Phi) is 5.77. The van der Waals surface area contributed by atoms with E-state index in [0.717, 1.165) is 0 Å². The van der Waals surface area contributed by atoms with E-state index in [9.17, 15) is 13.6 Å². The zero-order valence-electron chi connectivity index (χ0n) is 13.7. The zero-order valence-corrected chi connectivity index (χ0v) is 14.5. The number of hydrogen-bond donors (Lipinski definition) is 1. The van der Waals surface area contributed by atoms with Crippen LogP contribution in [0.4, 0.5) is 14.5 Å². The lowest BCUT2D eigenvalue weighted by atomic mass is 10.2. The average Bonchev–Trinajstić information content (AvgIpc) is 3.15. The van der Waals surface area contributed by atoms with Gasteiger partial charge in [-0.2, -0.15) is 13.9 Å². The Balaban J connectivity index is 1.71. The minimum absolute atomic E-state index is 0.0444. The quantitative estimate of drug-likeness (QED) is 0.641. The van der Waals surface area contributed by atoms with Crippen molar-refractivity contribution in [2.45, 2.75) is 6.61 Å². The van der Waals surface area contributed by atoms with Gasteiger partial charge in [0.25, 0.3) is 0 Å². The number of aromatic nitrogens is 3. The molecule has 0 unspecified atom stereocenters. The van der Waals surface area contributed by atoms with E-state index in [4.69, 9.17) is 11.6 Å². The number of carbonyl (C=O) groups is 1. The van der Waals surface area contributed by atoms with Crippen molar-refractivity contribution in [1.82, 2.24) is 14.8 Å². The Hall–Kier alpha value is -3.26. The summed E-state index contributed by atoms with van der Waals surface area (Å²) in [5.41, 5.74) is 1.71. The molecule has 0 saturated carbocycles. The van der Waals surface area contributed by atoms with Gasteiger partial charge < -0.3 is 10.1 Å². The summed E-state index contributed by atoms with van der Waals surface area (Å²) < 4.78 is 30.0. The van der Waals surface area contributed by atoms with E-state index in [-0.39, 0.29) is 5.75 Å². The third-order valence-electron chi connectivity index (χ3n) is 3.41. The van der Waals surface area contributed by atoms with E-state index < -0.39 is 12.5 Å². The maximum absolute atomic E-state index is 12.2. The van der Waals surface area contributed by atoms with Crippen LogP contribution in [0, 0.1) is 0 Å². The van der Waals surface area contributed by atoms with E-state index in [1.54, 1.807) is 36.4 Å². The fourth-order valence-electron chi connectivity index (χ4n) is 2.25. The standard InChI is InChI=1S/C18H13ClF2N4O2/c19-13-4-7-16(25-11-22-10-23-25)15(9-13)24-17(26)8-3-12-1-5-14(6-2-12)27-18(20)21/h1-11,18H,(H,24,26)/b8-3+. The topological polar surface area (TPSA) is 69.0 Å². The van der Waals surface area contributed by atoms with Crippen molar-refractivity contribution in [1.29, 1.82) is 0 Å². The molecule has 27 heavy (non-hydrogen) atoms. The second kappa shape index (κ2) is 8.41. The first-order chi connectivity index (χ1) is 13.0. The van der Waals surface area contributed by atoms with Crippen LogP contribution in [0.2, 0.25) is 5.02 Å². The van der Waals surface area contributed by atoms with Gasteiger partial charge in [0.2, 0.25) is 5.91 Å². The third kappa shape index (κ3) is 5.11. The minimum Gasteiger partial charge on any atom is -0.435 e. The molecule has 0 bridgehead atoms. The highest BCUT2D eigenvalue weighted by Gasteiger charge is 2.09. The van der Waals surface area contributed by atoms with E-state index in [2.05, 4.69) is 20.1 Å². The lowest BCUT2D eigenvalue weighted by Gasteiger charge is -2.10. The summed E-state index contributed by atoms with van der Waals surface area (Å²) in [6.07, 6.45) is 5.73. The fraction of sp³-hybridized carbons (Fsp3) is 0.0556. The number of alkyl halides is 2. The molecule has 0 saturated heterocycles. The second-order valence-electron chi connectivity index (χ2n) is 5.27. The molecule has 3 rings (SSSR count). The number of anilines is 1. The lowest BCUT2D eigenvalue weighted by Crippen LogP contribution is -2.11. The fourth-order valence-corrected chi connectivity index (χ4v) is 2.42. The first kappa shape index (κ1) is 18.5. The van der Waals surface area contributed by atoms with Crippen LogP contribution in [-0.4, -0.2) is 27.3 Å². The second-order valence-corrected chi connectivity index (χ2v) is 5.71. The highest BCUT2D eigenvalue weighted by atomic mass is 35.5. The number of halogens is 3. The van der Waals surface area contributed by atoms with Crippen molar-refractivity contribution < 1.29 is 18.3 Å². The van der Waals surface area contributed by atoms with Crippen LogP contribution < -0.4 is 10.1 Å². The van der Waals surface area contributed by atoms with Crippen molar-refractivity contribution in [2.75, 3.05) is 5.32 Å².